The minimum absolute atomic E-state index is 0.0140. The minimum atomic E-state index is -0.622. The van der Waals surface area contributed by atoms with Crippen molar-refractivity contribution >= 4 is 17.8 Å². The molecule has 1 aliphatic rings. The molecule has 0 aromatic carbocycles. The molecule has 6 nitrogen and oxygen atoms in total. The van der Waals surface area contributed by atoms with Crippen LogP contribution >= 0.6 is 0 Å². The topological polar surface area (TPSA) is 75.7 Å². The maximum Gasteiger partial charge on any atom is 0.412 e. The van der Waals surface area contributed by atoms with Crippen LogP contribution in [0.2, 0.25) is 0 Å². The molecule has 0 spiro atoms. The van der Waals surface area contributed by atoms with Crippen LogP contribution in [0.3, 0.4) is 0 Å². The molecule has 96 valence electrons. The smallest absolute Gasteiger partial charge is 0.412 e. The number of carbonyl (C=O) groups is 3. The zero-order valence-electron chi connectivity index (χ0n) is 10.6. The van der Waals surface area contributed by atoms with Crippen molar-refractivity contribution in [3.8, 4) is 0 Å². The van der Waals surface area contributed by atoms with Crippen LogP contribution in [-0.2, 0) is 14.3 Å². The van der Waals surface area contributed by atoms with E-state index in [-0.39, 0.29) is 24.7 Å². The van der Waals surface area contributed by atoms with Crippen molar-refractivity contribution in [3.63, 3.8) is 0 Å². The first kappa shape index (κ1) is 13.5. The second kappa shape index (κ2) is 4.73. The van der Waals surface area contributed by atoms with Crippen molar-refractivity contribution in [2.75, 3.05) is 6.54 Å². The zero-order chi connectivity index (χ0) is 13.2. The third kappa shape index (κ3) is 4.05. The summed E-state index contributed by atoms with van der Waals surface area (Å²) in [5.41, 5.74) is -0.622. The summed E-state index contributed by atoms with van der Waals surface area (Å²) in [7, 11) is 0. The number of ether oxygens (including phenoxy) is 1. The number of amides is 2. The number of ketones is 1. The summed E-state index contributed by atoms with van der Waals surface area (Å²) in [5, 5.41) is 2.55. The van der Waals surface area contributed by atoms with Crippen LogP contribution in [0.5, 0.6) is 0 Å². The maximum absolute atomic E-state index is 11.8. The van der Waals surface area contributed by atoms with Gasteiger partial charge in [0.2, 0.25) is 5.91 Å². The van der Waals surface area contributed by atoms with Gasteiger partial charge in [-0.1, -0.05) is 0 Å². The Morgan fingerprint density at radius 2 is 2.00 bits per heavy atom. The number of carbonyl (C=O) groups excluding carboxylic acids is 3. The van der Waals surface area contributed by atoms with E-state index >= 15 is 0 Å². The molecule has 0 saturated carbocycles. The van der Waals surface area contributed by atoms with Gasteiger partial charge in [-0.25, -0.2) is 4.79 Å². The van der Waals surface area contributed by atoms with Gasteiger partial charge in [-0.3, -0.25) is 14.5 Å². The standard InChI is InChI=1S/C11H18N2O4/c1-7(14)12-9-5-8(15)6-13(9)10(16)17-11(2,3)4/h9H,5-6H2,1-4H3,(H,12,14). The minimum Gasteiger partial charge on any atom is -0.444 e. The van der Waals surface area contributed by atoms with E-state index in [1.54, 1.807) is 20.8 Å². The first-order valence-electron chi connectivity index (χ1n) is 5.47. The van der Waals surface area contributed by atoms with Crippen molar-refractivity contribution in [1.29, 1.82) is 0 Å². The third-order valence-electron chi connectivity index (χ3n) is 2.14. The van der Waals surface area contributed by atoms with E-state index in [0.29, 0.717) is 0 Å². The summed E-state index contributed by atoms with van der Waals surface area (Å²) >= 11 is 0. The molecule has 0 aromatic rings. The summed E-state index contributed by atoms with van der Waals surface area (Å²) in [4.78, 5) is 35.3. The lowest BCUT2D eigenvalue weighted by Gasteiger charge is -2.28. The Morgan fingerprint density at radius 3 is 2.47 bits per heavy atom. The highest BCUT2D eigenvalue weighted by Gasteiger charge is 2.36. The fraction of sp³-hybridized carbons (Fsp3) is 0.727. The molecule has 0 aliphatic carbocycles. The highest BCUT2D eigenvalue weighted by molar-refractivity contribution is 5.89. The second-order valence-corrected chi connectivity index (χ2v) is 5.07. The van der Waals surface area contributed by atoms with Gasteiger partial charge in [0, 0.05) is 13.3 Å². The van der Waals surface area contributed by atoms with Crippen LogP contribution in [0, 0.1) is 0 Å². The highest BCUT2D eigenvalue weighted by atomic mass is 16.6. The lowest BCUT2D eigenvalue weighted by atomic mass is 10.2. The number of Topliss-reactive ketones (excluding diaryl/α,β-unsaturated/α-hetero) is 1. The maximum atomic E-state index is 11.8. The average molecular weight is 242 g/mol. The number of likely N-dealkylation sites (tertiary alicyclic amines) is 1. The fourth-order valence-electron chi connectivity index (χ4n) is 1.57. The summed E-state index contributed by atoms with van der Waals surface area (Å²) in [6.07, 6.45) is -1.03. The molecule has 2 amide bonds. The van der Waals surface area contributed by atoms with Crippen molar-refractivity contribution in [2.24, 2.45) is 0 Å². The second-order valence-electron chi connectivity index (χ2n) is 5.07. The molecule has 17 heavy (non-hydrogen) atoms. The van der Waals surface area contributed by atoms with Gasteiger partial charge in [0.15, 0.2) is 5.78 Å². The van der Waals surface area contributed by atoms with Crippen LogP contribution in [0.15, 0.2) is 0 Å². The van der Waals surface area contributed by atoms with Gasteiger partial charge in [0.25, 0.3) is 0 Å². The summed E-state index contributed by atoms with van der Waals surface area (Å²) in [5.74, 6) is -0.368. The predicted octanol–water partition coefficient (Wildman–Crippen LogP) is 0.658. The van der Waals surface area contributed by atoms with E-state index in [2.05, 4.69) is 5.32 Å². The Bertz CT molecular complexity index is 346. The number of nitrogens with one attached hydrogen (secondary N) is 1. The van der Waals surface area contributed by atoms with Crippen molar-refractivity contribution < 1.29 is 19.1 Å². The largest absolute Gasteiger partial charge is 0.444 e. The molecule has 1 rings (SSSR count). The van der Waals surface area contributed by atoms with Gasteiger partial charge < -0.3 is 10.1 Å². The number of hydrogen-bond acceptors (Lipinski definition) is 4. The first-order valence-corrected chi connectivity index (χ1v) is 5.47. The van der Waals surface area contributed by atoms with Crippen molar-refractivity contribution in [2.45, 2.75) is 45.9 Å². The zero-order valence-corrected chi connectivity index (χ0v) is 10.6. The van der Waals surface area contributed by atoms with E-state index in [0.717, 1.165) is 0 Å². The first-order chi connectivity index (χ1) is 7.69. The molecule has 1 heterocycles. The highest BCUT2D eigenvalue weighted by Crippen LogP contribution is 2.17. The van der Waals surface area contributed by atoms with Crippen molar-refractivity contribution in [3.05, 3.63) is 0 Å². The molecule has 1 aliphatic heterocycles. The molecular weight excluding hydrogens is 224 g/mol. The van der Waals surface area contributed by atoms with E-state index in [1.807, 2.05) is 0 Å². The van der Waals surface area contributed by atoms with E-state index in [4.69, 9.17) is 4.74 Å². The molecule has 0 aromatic heterocycles. The van der Waals surface area contributed by atoms with Crippen molar-refractivity contribution in [1.82, 2.24) is 10.2 Å². The average Bonchev–Trinajstić information content (AvgIpc) is 2.42. The lowest BCUT2D eigenvalue weighted by Crippen LogP contribution is -2.48. The molecule has 0 bridgehead atoms. The summed E-state index contributed by atoms with van der Waals surface area (Å²) < 4.78 is 5.17. The Labute approximate surface area is 100 Å². The normalized spacial score (nSPS) is 20.4. The molecule has 0 radical (unpaired) electrons. The lowest BCUT2D eigenvalue weighted by molar-refractivity contribution is -0.120. The van der Waals surface area contributed by atoms with Gasteiger partial charge in [-0.2, -0.15) is 0 Å². The van der Waals surface area contributed by atoms with Gasteiger partial charge >= 0.3 is 6.09 Å². The number of hydrogen-bond donors (Lipinski definition) is 1. The van der Waals surface area contributed by atoms with Gasteiger partial charge in [0.1, 0.15) is 11.8 Å². The molecule has 1 unspecified atom stereocenters. The van der Waals surface area contributed by atoms with Gasteiger partial charge in [-0.05, 0) is 20.8 Å². The van der Waals surface area contributed by atoms with Crippen LogP contribution in [0.25, 0.3) is 0 Å². The Morgan fingerprint density at radius 1 is 1.41 bits per heavy atom. The Hall–Kier alpha value is -1.59. The Kier molecular flexibility index (Phi) is 3.75. The molecule has 6 heteroatoms. The molecule has 1 fully saturated rings. The quantitative estimate of drug-likeness (QED) is 0.732. The van der Waals surface area contributed by atoms with Gasteiger partial charge in [-0.15, -0.1) is 0 Å². The molecular formula is C11H18N2O4. The van der Waals surface area contributed by atoms with E-state index in [9.17, 15) is 14.4 Å². The van der Waals surface area contributed by atoms with Crippen LogP contribution in [0.4, 0.5) is 4.79 Å². The SMILES string of the molecule is CC(=O)NC1CC(=O)CN1C(=O)OC(C)(C)C. The fourth-order valence-corrected chi connectivity index (χ4v) is 1.57. The molecule has 1 saturated heterocycles. The van der Waals surface area contributed by atoms with Crippen LogP contribution < -0.4 is 5.32 Å². The van der Waals surface area contributed by atoms with Crippen LogP contribution in [-0.4, -0.2) is 41.0 Å². The predicted molar refractivity (Wildman–Crippen MR) is 60.2 cm³/mol. The molecule has 1 N–H and O–H groups in total. The monoisotopic (exact) mass is 242 g/mol. The van der Waals surface area contributed by atoms with Crippen LogP contribution in [0.1, 0.15) is 34.1 Å². The summed E-state index contributed by atoms with van der Waals surface area (Å²) in [6.45, 7) is 6.57. The van der Waals surface area contributed by atoms with Gasteiger partial charge in [0.05, 0.1) is 6.54 Å². The number of nitrogens with zero attached hydrogens (tertiary/aromatic N) is 1. The summed E-state index contributed by atoms with van der Waals surface area (Å²) in [6, 6.07) is 0. The van der Waals surface area contributed by atoms with E-state index < -0.39 is 17.9 Å². The Balaban J connectivity index is 2.70. The third-order valence-corrected chi connectivity index (χ3v) is 2.14. The molecule has 1 atom stereocenters. The number of rotatable bonds is 1. The van der Waals surface area contributed by atoms with E-state index in [1.165, 1.54) is 11.8 Å².